The van der Waals surface area contributed by atoms with Crippen molar-refractivity contribution >= 4 is 29.0 Å². The van der Waals surface area contributed by atoms with Crippen molar-refractivity contribution in [3.63, 3.8) is 0 Å². The van der Waals surface area contributed by atoms with Crippen molar-refractivity contribution in [1.29, 1.82) is 0 Å². The second-order valence-electron chi connectivity index (χ2n) is 7.71. The monoisotopic (exact) mass is 463 g/mol. The smallest absolute Gasteiger partial charge is 0.345 e. The van der Waals surface area contributed by atoms with Gasteiger partial charge in [-0.05, 0) is 36.5 Å². The fourth-order valence-electron chi connectivity index (χ4n) is 3.94. The highest BCUT2D eigenvalue weighted by Gasteiger charge is 2.34. The lowest BCUT2D eigenvalue weighted by molar-refractivity contribution is -0.715. The average molecular weight is 464 g/mol. The topological polar surface area (TPSA) is 111 Å². The number of benzene rings is 2. The van der Waals surface area contributed by atoms with Crippen LogP contribution in [-0.2, 0) is 11.2 Å². The van der Waals surface area contributed by atoms with Crippen LogP contribution in [-0.4, -0.2) is 35.7 Å². The molecular weight excluding hydrogens is 441 g/mol. The van der Waals surface area contributed by atoms with Gasteiger partial charge in [0.2, 0.25) is 5.78 Å². The molecule has 0 fully saturated rings. The van der Waals surface area contributed by atoms with Crippen molar-refractivity contribution in [1.82, 2.24) is 0 Å². The lowest BCUT2D eigenvalue weighted by atomic mass is 9.82. The van der Waals surface area contributed by atoms with E-state index in [2.05, 4.69) is 0 Å². The number of carboxylic acids is 1. The Morgan fingerprint density at radius 3 is 2.69 bits per heavy atom. The number of aryl methyl sites for hydroxylation is 1. The molecule has 3 N–H and O–H groups in total. The molecule has 1 aliphatic rings. The first-order chi connectivity index (χ1) is 15.2. The molecule has 170 valence electrons. The first-order valence-corrected chi connectivity index (χ1v) is 10.4. The van der Waals surface area contributed by atoms with Crippen LogP contribution in [0.1, 0.15) is 40.7 Å². The molecule has 0 bridgehead atoms. The van der Waals surface area contributed by atoms with Crippen molar-refractivity contribution in [2.24, 2.45) is 5.92 Å². The third-order valence-corrected chi connectivity index (χ3v) is 6.11. The Balaban J connectivity index is 1.93. The minimum atomic E-state index is -1.48. The number of carbonyl (C=O) groups excluding carboxylic acids is 1. The molecule has 3 atom stereocenters. The van der Waals surface area contributed by atoms with Gasteiger partial charge in [0.05, 0.1) is 24.3 Å². The van der Waals surface area contributed by atoms with Crippen molar-refractivity contribution < 1.29 is 34.0 Å². The van der Waals surface area contributed by atoms with Crippen molar-refractivity contribution in [2.75, 3.05) is 13.7 Å². The zero-order valence-corrected chi connectivity index (χ0v) is 18.3. The molecular formula is C23H23ClFNO6. The van der Waals surface area contributed by atoms with Crippen molar-refractivity contribution in [3.05, 3.63) is 74.8 Å². The van der Waals surface area contributed by atoms with E-state index >= 15 is 0 Å². The molecule has 2 aromatic carbocycles. The van der Waals surface area contributed by atoms with Gasteiger partial charge in [-0.1, -0.05) is 30.7 Å². The summed E-state index contributed by atoms with van der Waals surface area (Å²) in [5.41, 5.74) is 0.322. The Bertz CT molecular complexity index is 1090. The maximum atomic E-state index is 14.2. The summed E-state index contributed by atoms with van der Waals surface area (Å²) in [5.74, 6) is -3.11. The van der Waals surface area contributed by atoms with Gasteiger partial charge in [-0.2, -0.15) is 0 Å². The Morgan fingerprint density at radius 2 is 2.06 bits per heavy atom. The maximum Gasteiger partial charge on any atom is 0.345 e. The Labute approximate surface area is 189 Å². The molecule has 1 aliphatic heterocycles. The number of carbonyl (C=O) groups is 2. The van der Waals surface area contributed by atoms with E-state index in [9.17, 15) is 29.4 Å². The zero-order chi connectivity index (χ0) is 23.6. The SMILES string of the molecule is COc1cc2c(cc1C(CO)[C@@H](C)CCc1cccc(Cl)c1F)C(=O)C(C(=O)O)=C[NH+]2[O-]. The van der Waals surface area contributed by atoms with Crippen LogP contribution < -0.4 is 9.80 Å². The lowest BCUT2D eigenvalue weighted by Gasteiger charge is -2.29. The van der Waals surface area contributed by atoms with Gasteiger partial charge in [-0.25, -0.2) is 9.18 Å². The standard InChI is InChI=1S/C23H23ClFNO6/c1-12(6-7-13-4-3-5-18(24)21(13)25)17(11-27)14-8-15-19(9-20(14)32-2)26(31)10-16(22(15)28)23(29)30/h3-5,8-10,12,17,26-27H,6-7,11H2,1-2H3,(H,29,30)/t12-,17?/m0/s1. The maximum absolute atomic E-state index is 14.2. The highest BCUT2D eigenvalue weighted by atomic mass is 35.5. The number of ketones is 1. The summed E-state index contributed by atoms with van der Waals surface area (Å²) >= 11 is 5.84. The normalized spacial score (nSPS) is 17.4. The number of aliphatic hydroxyl groups is 1. The molecule has 0 aliphatic carbocycles. The highest BCUT2D eigenvalue weighted by Crippen LogP contribution is 2.38. The molecule has 0 amide bonds. The minimum absolute atomic E-state index is 0.0377. The average Bonchev–Trinajstić information content (AvgIpc) is 2.77. The van der Waals surface area contributed by atoms with E-state index < -0.39 is 34.1 Å². The number of ether oxygens (including phenoxy) is 1. The largest absolute Gasteiger partial charge is 0.624 e. The molecule has 1 heterocycles. The van der Waals surface area contributed by atoms with Crippen LogP contribution in [0, 0.1) is 16.9 Å². The number of carboxylic acid groups (broad SMARTS) is 1. The molecule has 2 aromatic rings. The molecule has 0 saturated carbocycles. The molecule has 9 heteroatoms. The molecule has 0 radical (unpaired) electrons. The Hall–Kier alpha value is -2.78. The van der Waals surface area contributed by atoms with Crippen molar-refractivity contribution in [2.45, 2.75) is 25.7 Å². The summed E-state index contributed by atoms with van der Waals surface area (Å²) in [6.07, 6.45) is 1.67. The van der Waals surface area contributed by atoms with Crippen LogP contribution in [0.2, 0.25) is 5.02 Å². The van der Waals surface area contributed by atoms with Crippen molar-refractivity contribution in [3.8, 4) is 5.75 Å². The lowest BCUT2D eigenvalue weighted by Crippen LogP contribution is -2.98. The number of fused-ring (bicyclic) bond motifs is 1. The van der Waals surface area contributed by atoms with E-state index in [4.69, 9.17) is 16.3 Å². The number of methoxy groups -OCH3 is 1. The molecule has 0 aromatic heterocycles. The highest BCUT2D eigenvalue weighted by molar-refractivity contribution is 6.30. The van der Waals surface area contributed by atoms with Crippen LogP contribution >= 0.6 is 11.6 Å². The van der Waals surface area contributed by atoms with Gasteiger partial charge in [0.15, 0.2) is 11.3 Å². The molecule has 0 spiro atoms. The third-order valence-electron chi connectivity index (χ3n) is 5.81. The third kappa shape index (κ3) is 4.54. The number of aliphatic carboxylic acids is 1. The summed E-state index contributed by atoms with van der Waals surface area (Å²) in [4.78, 5) is 24.0. The second kappa shape index (κ2) is 9.79. The number of hydrogen-bond acceptors (Lipinski definition) is 5. The number of halogens is 2. The van der Waals surface area contributed by atoms with Gasteiger partial charge in [-0.15, -0.1) is 0 Å². The number of Topliss-reactive ketones (excluding diaryl/α,β-unsaturated/α-hetero) is 1. The van der Waals surface area contributed by atoms with E-state index in [1.165, 1.54) is 25.3 Å². The first kappa shape index (κ1) is 23.9. The van der Waals surface area contributed by atoms with E-state index in [1.54, 1.807) is 12.1 Å². The summed E-state index contributed by atoms with van der Waals surface area (Å²) in [7, 11) is 1.40. The first-order valence-electron chi connectivity index (χ1n) is 9.99. The number of hydrogen-bond donors (Lipinski definition) is 3. The molecule has 2 unspecified atom stereocenters. The van der Waals surface area contributed by atoms with Gasteiger partial charge in [0, 0.05) is 17.5 Å². The predicted octanol–water partition coefficient (Wildman–Crippen LogP) is 3.01. The van der Waals surface area contributed by atoms with E-state index in [0.717, 1.165) is 6.20 Å². The molecule has 7 nitrogen and oxygen atoms in total. The zero-order valence-electron chi connectivity index (χ0n) is 17.5. The minimum Gasteiger partial charge on any atom is -0.624 e. The second-order valence-corrected chi connectivity index (χ2v) is 8.12. The van der Waals surface area contributed by atoms with Crippen LogP contribution in [0.3, 0.4) is 0 Å². The van der Waals surface area contributed by atoms with Crippen LogP contribution in [0.5, 0.6) is 5.75 Å². The summed E-state index contributed by atoms with van der Waals surface area (Å²) in [6.45, 7) is 1.58. The summed E-state index contributed by atoms with van der Waals surface area (Å²) < 4.78 is 19.6. The fourth-order valence-corrected chi connectivity index (χ4v) is 4.14. The van der Waals surface area contributed by atoms with Gasteiger partial charge < -0.3 is 25.2 Å². The molecule has 3 rings (SSSR count). The Kier molecular flexibility index (Phi) is 7.30. The summed E-state index contributed by atoms with van der Waals surface area (Å²) in [5, 5.41) is 31.2. The van der Waals surface area contributed by atoms with Crippen LogP contribution in [0.4, 0.5) is 10.1 Å². The number of quaternary nitrogens is 1. The van der Waals surface area contributed by atoms with Crippen LogP contribution in [0.25, 0.3) is 0 Å². The van der Waals surface area contributed by atoms with E-state index in [0.29, 0.717) is 29.7 Å². The fraction of sp³-hybridized carbons (Fsp3) is 0.304. The van der Waals surface area contributed by atoms with Gasteiger partial charge in [0.25, 0.3) is 0 Å². The van der Waals surface area contributed by atoms with Gasteiger partial charge in [0.1, 0.15) is 17.8 Å². The van der Waals surface area contributed by atoms with Gasteiger partial charge in [-0.3, -0.25) is 4.79 Å². The van der Waals surface area contributed by atoms with E-state index in [1.807, 2.05) is 6.92 Å². The van der Waals surface area contributed by atoms with E-state index in [-0.39, 0.29) is 28.8 Å². The number of hydroxylamine groups is 1. The molecule has 0 saturated heterocycles. The van der Waals surface area contributed by atoms with Gasteiger partial charge >= 0.3 is 5.97 Å². The molecule has 32 heavy (non-hydrogen) atoms. The quantitative estimate of drug-likeness (QED) is 0.410. The Morgan fingerprint density at radius 1 is 1.34 bits per heavy atom. The van der Waals surface area contributed by atoms with Crippen LogP contribution in [0.15, 0.2) is 42.1 Å². The number of aliphatic hydroxyl groups excluding tert-OH is 1. The number of nitrogens with one attached hydrogen (secondary N) is 1. The predicted molar refractivity (Wildman–Crippen MR) is 116 cm³/mol. The summed E-state index contributed by atoms with van der Waals surface area (Å²) in [6, 6.07) is 7.59. The number of rotatable bonds is 8.